The number of methoxy groups -OCH3 is 1. The first kappa shape index (κ1) is 10.3. The molecule has 0 spiro atoms. The monoisotopic (exact) mass is 162 g/mol. The van der Waals surface area contributed by atoms with E-state index in [0.29, 0.717) is 0 Å². The lowest BCUT2D eigenvalue weighted by molar-refractivity contribution is 0.193. The van der Waals surface area contributed by atoms with Crippen molar-refractivity contribution in [1.82, 2.24) is 0 Å². The van der Waals surface area contributed by atoms with Gasteiger partial charge >= 0.3 is 0 Å². The van der Waals surface area contributed by atoms with Crippen LogP contribution in [0.25, 0.3) is 0 Å². The molecule has 0 fully saturated rings. The summed E-state index contributed by atoms with van der Waals surface area (Å²) >= 11 is 1.95. The van der Waals surface area contributed by atoms with Gasteiger partial charge in [0.05, 0.1) is 0 Å². The van der Waals surface area contributed by atoms with Gasteiger partial charge in [-0.3, -0.25) is 0 Å². The molecule has 0 aromatic carbocycles. The molecule has 0 radical (unpaired) electrons. The summed E-state index contributed by atoms with van der Waals surface area (Å²) < 4.78 is 5.01. The van der Waals surface area contributed by atoms with Crippen LogP contribution in [0.1, 0.15) is 26.2 Å². The highest BCUT2D eigenvalue weighted by atomic mass is 32.2. The third kappa shape index (κ3) is 5.12. The fraction of sp³-hybridized carbons (Fsp3) is 1.00. The third-order valence-electron chi connectivity index (χ3n) is 1.59. The van der Waals surface area contributed by atoms with E-state index < -0.39 is 0 Å². The van der Waals surface area contributed by atoms with E-state index in [1.165, 1.54) is 19.3 Å². The Kier molecular flexibility index (Phi) is 7.65. The molecule has 10 heavy (non-hydrogen) atoms. The molecule has 0 aliphatic rings. The average Bonchev–Trinajstić information content (AvgIpc) is 1.98. The van der Waals surface area contributed by atoms with Crippen molar-refractivity contribution in [2.45, 2.75) is 31.4 Å². The SMILES string of the molecule is CCCC(CCOC)SC. The molecule has 1 nitrogen and oxygen atoms in total. The Morgan fingerprint density at radius 2 is 2.10 bits per heavy atom. The number of rotatable bonds is 6. The summed E-state index contributed by atoms with van der Waals surface area (Å²) in [5.41, 5.74) is 0. The summed E-state index contributed by atoms with van der Waals surface area (Å²) in [5, 5.41) is 0.810. The Balaban J connectivity index is 3.21. The zero-order valence-corrected chi connectivity index (χ0v) is 8.04. The van der Waals surface area contributed by atoms with Crippen LogP contribution < -0.4 is 0 Å². The van der Waals surface area contributed by atoms with E-state index in [2.05, 4.69) is 13.2 Å². The molecule has 0 rings (SSSR count). The molecule has 0 aliphatic carbocycles. The van der Waals surface area contributed by atoms with E-state index in [1.54, 1.807) is 7.11 Å². The highest BCUT2D eigenvalue weighted by Crippen LogP contribution is 2.16. The van der Waals surface area contributed by atoms with Crippen LogP contribution in [-0.4, -0.2) is 25.2 Å². The van der Waals surface area contributed by atoms with Gasteiger partial charge in [-0.1, -0.05) is 13.3 Å². The molecule has 1 unspecified atom stereocenters. The molecule has 2 heteroatoms. The molecule has 0 N–H and O–H groups in total. The van der Waals surface area contributed by atoms with Crippen LogP contribution >= 0.6 is 11.8 Å². The van der Waals surface area contributed by atoms with Gasteiger partial charge in [0.25, 0.3) is 0 Å². The van der Waals surface area contributed by atoms with Crippen molar-refractivity contribution >= 4 is 11.8 Å². The number of hydrogen-bond acceptors (Lipinski definition) is 2. The maximum absolute atomic E-state index is 5.01. The van der Waals surface area contributed by atoms with Gasteiger partial charge in [0, 0.05) is 19.0 Å². The van der Waals surface area contributed by atoms with Crippen molar-refractivity contribution in [3.8, 4) is 0 Å². The molecule has 0 aromatic rings. The minimum atomic E-state index is 0.810. The van der Waals surface area contributed by atoms with Gasteiger partial charge in [-0.25, -0.2) is 0 Å². The lowest BCUT2D eigenvalue weighted by Crippen LogP contribution is -2.05. The Bertz CT molecular complexity index is 66.3. The number of hydrogen-bond donors (Lipinski definition) is 0. The third-order valence-corrected chi connectivity index (χ3v) is 2.73. The van der Waals surface area contributed by atoms with E-state index in [4.69, 9.17) is 4.74 Å². The Labute approximate surface area is 68.5 Å². The largest absolute Gasteiger partial charge is 0.385 e. The lowest BCUT2D eigenvalue weighted by atomic mass is 10.2. The molecular weight excluding hydrogens is 144 g/mol. The van der Waals surface area contributed by atoms with E-state index >= 15 is 0 Å². The van der Waals surface area contributed by atoms with Crippen LogP contribution in [0.15, 0.2) is 0 Å². The summed E-state index contributed by atoms with van der Waals surface area (Å²) in [7, 11) is 1.77. The summed E-state index contributed by atoms with van der Waals surface area (Å²) in [5.74, 6) is 0. The fourth-order valence-corrected chi connectivity index (χ4v) is 1.75. The second-order valence-corrected chi connectivity index (χ2v) is 3.57. The molecule has 0 bridgehead atoms. The maximum Gasteiger partial charge on any atom is 0.0472 e. The first-order chi connectivity index (χ1) is 4.85. The predicted molar refractivity (Wildman–Crippen MR) is 48.7 cm³/mol. The molecule has 0 saturated heterocycles. The smallest absolute Gasteiger partial charge is 0.0472 e. The molecule has 0 amide bonds. The van der Waals surface area contributed by atoms with Crippen molar-refractivity contribution in [1.29, 1.82) is 0 Å². The quantitative estimate of drug-likeness (QED) is 0.593. The zero-order valence-electron chi connectivity index (χ0n) is 7.22. The van der Waals surface area contributed by atoms with Gasteiger partial charge < -0.3 is 4.74 Å². The maximum atomic E-state index is 5.01. The highest BCUT2D eigenvalue weighted by molar-refractivity contribution is 7.99. The predicted octanol–water partition coefficient (Wildman–Crippen LogP) is 2.55. The Morgan fingerprint density at radius 1 is 1.40 bits per heavy atom. The van der Waals surface area contributed by atoms with Gasteiger partial charge in [-0.05, 0) is 19.1 Å². The highest BCUT2D eigenvalue weighted by Gasteiger charge is 2.03. The molecule has 0 aliphatic heterocycles. The van der Waals surface area contributed by atoms with Crippen LogP contribution in [0.4, 0.5) is 0 Å². The normalized spacial score (nSPS) is 13.5. The second kappa shape index (κ2) is 7.42. The first-order valence-corrected chi connectivity index (χ1v) is 5.15. The Morgan fingerprint density at radius 3 is 2.50 bits per heavy atom. The minimum Gasteiger partial charge on any atom is -0.385 e. The zero-order chi connectivity index (χ0) is 7.82. The summed E-state index contributed by atoms with van der Waals surface area (Å²) in [6, 6.07) is 0. The summed E-state index contributed by atoms with van der Waals surface area (Å²) in [6.45, 7) is 3.14. The lowest BCUT2D eigenvalue weighted by Gasteiger charge is -2.11. The summed E-state index contributed by atoms with van der Waals surface area (Å²) in [4.78, 5) is 0. The van der Waals surface area contributed by atoms with Crippen LogP contribution in [0.5, 0.6) is 0 Å². The second-order valence-electron chi connectivity index (χ2n) is 2.43. The van der Waals surface area contributed by atoms with Gasteiger partial charge in [-0.15, -0.1) is 0 Å². The molecule has 0 saturated carbocycles. The minimum absolute atomic E-state index is 0.810. The number of ether oxygens (including phenoxy) is 1. The van der Waals surface area contributed by atoms with Gasteiger partial charge in [0.1, 0.15) is 0 Å². The van der Waals surface area contributed by atoms with Crippen molar-refractivity contribution < 1.29 is 4.74 Å². The van der Waals surface area contributed by atoms with Crippen molar-refractivity contribution in [3.05, 3.63) is 0 Å². The Hall–Kier alpha value is 0.310. The van der Waals surface area contributed by atoms with Gasteiger partial charge in [0.15, 0.2) is 0 Å². The molecule has 62 valence electrons. The van der Waals surface area contributed by atoms with Gasteiger partial charge in [-0.2, -0.15) is 11.8 Å². The van der Waals surface area contributed by atoms with E-state index in [1.807, 2.05) is 11.8 Å². The van der Waals surface area contributed by atoms with Crippen LogP contribution in [0, 0.1) is 0 Å². The molecule has 1 atom stereocenters. The van der Waals surface area contributed by atoms with E-state index in [-0.39, 0.29) is 0 Å². The van der Waals surface area contributed by atoms with Crippen molar-refractivity contribution in [2.75, 3.05) is 20.0 Å². The molecule has 0 heterocycles. The summed E-state index contributed by atoms with van der Waals surface area (Å²) in [6.07, 6.45) is 5.99. The standard InChI is InChI=1S/C8H18OS/c1-4-5-8(10-3)6-7-9-2/h8H,4-7H2,1-3H3. The number of thioether (sulfide) groups is 1. The van der Waals surface area contributed by atoms with Crippen LogP contribution in [0.3, 0.4) is 0 Å². The van der Waals surface area contributed by atoms with E-state index in [0.717, 1.165) is 11.9 Å². The van der Waals surface area contributed by atoms with Crippen LogP contribution in [-0.2, 0) is 4.74 Å². The van der Waals surface area contributed by atoms with E-state index in [9.17, 15) is 0 Å². The van der Waals surface area contributed by atoms with Crippen LogP contribution in [0.2, 0.25) is 0 Å². The molecular formula is C8H18OS. The van der Waals surface area contributed by atoms with Crippen molar-refractivity contribution in [3.63, 3.8) is 0 Å². The van der Waals surface area contributed by atoms with Gasteiger partial charge in [0.2, 0.25) is 0 Å². The topological polar surface area (TPSA) is 9.23 Å². The van der Waals surface area contributed by atoms with Crippen molar-refractivity contribution in [2.24, 2.45) is 0 Å². The first-order valence-electron chi connectivity index (χ1n) is 3.86. The fourth-order valence-electron chi connectivity index (χ4n) is 0.951. The molecule has 0 aromatic heterocycles. The average molecular weight is 162 g/mol.